The van der Waals surface area contributed by atoms with Crippen molar-refractivity contribution in [3.8, 4) is 17.1 Å². The number of benzene rings is 1. The van der Waals surface area contributed by atoms with Gasteiger partial charge in [0.2, 0.25) is 5.91 Å². The molecule has 1 saturated heterocycles. The van der Waals surface area contributed by atoms with E-state index in [0.29, 0.717) is 37.2 Å². The molecule has 1 fully saturated rings. The van der Waals surface area contributed by atoms with Crippen LogP contribution in [0.5, 0.6) is 6.01 Å². The van der Waals surface area contributed by atoms with Gasteiger partial charge in [0.25, 0.3) is 0 Å². The minimum atomic E-state index is -0.868. The van der Waals surface area contributed by atoms with Gasteiger partial charge in [0, 0.05) is 36.6 Å². The summed E-state index contributed by atoms with van der Waals surface area (Å²) in [5.74, 6) is -0.166. The monoisotopic (exact) mass is 356 g/mol. The van der Waals surface area contributed by atoms with E-state index in [2.05, 4.69) is 9.97 Å². The standard InChI is InChI=1S/C18H20N4O4/c19-16(23)14-3-1-13(2-4-14)15-9-20-17(21-10-15)26-11-12-5-7-22(8-6-12)18(24)25/h1-4,9-10,12H,5-8,11H2,(H2,19,23)(H,24,25). The first-order valence-corrected chi connectivity index (χ1v) is 8.36. The SMILES string of the molecule is NC(=O)c1ccc(-c2cnc(OCC3CCN(C(=O)O)CC3)nc2)cc1. The number of piperidine rings is 1. The lowest BCUT2D eigenvalue weighted by atomic mass is 9.98. The number of nitrogens with zero attached hydrogens (tertiary/aromatic N) is 3. The highest BCUT2D eigenvalue weighted by Gasteiger charge is 2.22. The van der Waals surface area contributed by atoms with E-state index in [-0.39, 0.29) is 0 Å². The molecule has 2 heterocycles. The number of hydrogen-bond donors (Lipinski definition) is 2. The second kappa shape index (κ2) is 7.81. The third kappa shape index (κ3) is 4.27. The van der Waals surface area contributed by atoms with Crippen LogP contribution in [0, 0.1) is 5.92 Å². The van der Waals surface area contributed by atoms with Crippen molar-refractivity contribution in [3.05, 3.63) is 42.2 Å². The van der Waals surface area contributed by atoms with E-state index < -0.39 is 12.0 Å². The molecule has 26 heavy (non-hydrogen) atoms. The van der Waals surface area contributed by atoms with E-state index in [4.69, 9.17) is 15.6 Å². The predicted octanol–water partition coefficient (Wildman–Crippen LogP) is 2.01. The molecule has 1 aromatic heterocycles. The average molecular weight is 356 g/mol. The maximum Gasteiger partial charge on any atom is 0.407 e. The van der Waals surface area contributed by atoms with E-state index in [1.807, 2.05) is 0 Å². The zero-order valence-electron chi connectivity index (χ0n) is 14.2. The Morgan fingerprint density at radius 1 is 1.12 bits per heavy atom. The summed E-state index contributed by atoms with van der Waals surface area (Å²) in [4.78, 5) is 31.8. The largest absolute Gasteiger partial charge is 0.465 e. The van der Waals surface area contributed by atoms with Crippen molar-refractivity contribution in [2.75, 3.05) is 19.7 Å². The van der Waals surface area contributed by atoms with Crippen LogP contribution in [0.15, 0.2) is 36.7 Å². The van der Waals surface area contributed by atoms with E-state index >= 15 is 0 Å². The van der Waals surface area contributed by atoms with Crippen molar-refractivity contribution in [2.24, 2.45) is 11.7 Å². The van der Waals surface area contributed by atoms with Crippen molar-refractivity contribution < 1.29 is 19.4 Å². The number of hydrogen-bond acceptors (Lipinski definition) is 5. The Balaban J connectivity index is 1.53. The zero-order chi connectivity index (χ0) is 18.5. The molecular formula is C18H20N4O4. The molecule has 1 aliphatic rings. The number of carbonyl (C=O) groups is 2. The third-order valence-electron chi connectivity index (χ3n) is 4.46. The number of aromatic nitrogens is 2. The first kappa shape index (κ1) is 17.7. The van der Waals surface area contributed by atoms with E-state index in [9.17, 15) is 9.59 Å². The molecule has 3 N–H and O–H groups in total. The van der Waals surface area contributed by atoms with Crippen molar-refractivity contribution in [2.45, 2.75) is 12.8 Å². The lowest BCUT2D eigenvalue weighted by molar-refractivity contribution is 0.1000. The smallest absolute Gasteiger partial charge is 0.407 e. The summed E-state index contributed by atoms with van der Waals surface area (Å²) in [6.45, 7) is 1.54. The van der Waals surface area contributed by atoms with Gasteiger partial charge >= 0.3 is 12.1 Å². The number of amides is 2. The molecule has 2 aromatic rings. The third-order valence-corrected chi connectivity index (χ3v) is 4.46. The Kier molecular flexibility index (Phi) is 5.31. The van der Waals surface area contributed by atoms with E-state index in [0.717, 1.165) is 24.0 Å². The molecule has 1 aliphatic heterocycles. The maximum absolute atomic E-state index is 11.1. The van der Waals surface area contributed by atoms with Crippen LogP contribution >= 0.6 is 0 Å². The van der Waals surface area contributed by atoms with Gasteiger partial charge in [-0.2, -0.15) is 0 Å². The molecule has 0 bridgehead atoms. The van der Waals surface area contributed by atoms with Crippen molar-refractivity contribution in [1.29, 1.82) is 0 Å². The van der Waals surface area contributed by atoms with Gasteiger partial charge in [-0.15, -0.1) is 0 Å². The van der Waals surface area contributed by atoms with Gasteiger partial charge in [0.15, 0.2) is 0 Å². The fourth-order valence-corrected chi connectivity index (χ4v) is 2.85. The van der Waals surface area contributed by atoms with Crippen LogP contribution in [-0.2, 0) is 0 Å². The average Bonchev–Trinajstić information content (AvgIpc) is 2.67. The summed E-state index contributed by atoms with van der Waals surface area (Å²) >= 11 is 0. The highest BCUT2D eigenvalue weighted by molar-refractivity contribution is 5.93. The highest BCUT2D eigenvalue weighted by Crippen LogP contribution is 2.21. The molecule has 0 spiro atoms. The minimum Gasteiger partial charge on any atom is -0.465 e. The first-order valence-electron chi connectivity index (χ1n) is 8.36. The Hall–Kier alpha value is -3.16. The summed E-state index contributed by atoms with van der Waals surface area (Å²) in [5, 5.41) is 8.95. The molecular weight excluding hydrogens is 336 g/mol. The normalized spacial score (nSPS) is 14.8. The molecule has 0 radical (unpaired) electrons. The number of primary amides is 1. The van der Waals surface area contributed by atoms with Gasteiger partial charge in [0.1, 0.15) is 0 Å². The molecule has 8 nitrogen and oxygen atoms in total. The van der Waals surface area contributed by atoms with Gasteiger partial charge in [-0.25, -0.2) is 14.8 Å². The lowest BCUT2D eigenvalue weighted by Gasteiger charge is -2.29. The van der Waals surface area contributed by atoms with Gasteiger partial charge in [-0.1, -0.05) is 12.1 Å². The Morgan fingerprint density at radius 3 is 2.27 bits per heavy atom. The number of rotatable bonds is 5. The summed E-state index contributed by atoms with van der Waals surface area (Å²) in [6, 6.07) is 7.19. The number of carbonyl (C=O) groups excluding carboxylic acids is 1. The molecule has 136 valence electrons. The summed E-state index contributed by atoms with van der Waals surface area (Å²) in [7, 11) is 0. The van der Waals surface area contributed by atoms with Crippen LogP contribution in [0.25, 0.3) is 11.1 Å². The Labute approximate surface area is 150 Å². The maximum atomic E-state index is 11.1. The van der Waals surface area contributed by atoms with Crippen LogP contribution < -0.4 is 10.5 Å². The van der Waals surface area contributed by atoms with E-state index in [1.165, 1.54) is 4.90 Å². The van der Waals surface area contributed by atoms with Crippen molar-refractivity contribution >= 4 is 12.0 Å². The molecule has 0 unspecified atom stereocenters. The highest BCUT2D eigenvalue weighted by atomic mass is 16.5. The zero-order valence-corrected chi connectivity index (χ0v) is 14.2. The van der Waals surface area contributed by atoms with Gasteiger partial charge < -0.3 is 20.5 Å². The summed E-state index contributed by atoms with van der Waals surface area (Å²) in [6.07, 6.45) is 4.00. The number of ether oxygens (including phenoxy) is 1. The number of likely N-dealkylation sites (tertiary alicyclic amines) is 1. The number of nitrogens with two attached hydrogens (primary N) is 1. The minimum absolute atomic E-state index is 0.295. The topological polar surface area (TPSA) is 119 Å². The lowest BCUT2D eigenvalue weighted by Crippen LogP contribution is -2.38. The summed E-state index contributed by atoms with van der Waals surface area (Å²) < 4.78 is 5.63. The molecule has 0 aliphatic carbocycles. The second-order valence-corrected chi connectivity index (χ2v) is 6.22. The van der Waals surface area contributed by atoms with Crippen LogP contribution in [0.4, 0.5) is 4.79 Å². The van der Waals surface area contributed by atoms with Crippen molar-refractivity contribution in [3.63, 3.8) is 0 Å². The van der Waals surface area contributed by atoms with Crippen LogP contribution in [0.3, 0.4) is 0 Å². The van der Waals surface area contributed by atoms with E-state index in [1.54, 1.807) is 36.7 Å². The van der Waals surface area contributed by atoms with Crippen LogP contribution in [0.2, 0.25) is 0 Å². The Morgan fingerprint density at radius 2 is 1.73 bits per heavy atom. The van der Waals surface area contributed by atoms with Gasteiger partial charge in [0.05, 0.1) is 6.61 Å². The molecule has 8 heteroatoms. The first-order chi connectivity index (χ1) is 12.5. The number of carboxylic acid groups (broad SMARTS) is 1. The molecule has 0 atom stereocenters. The molecule has 0 saturated carbocycles. The van der Waals surface area contributed by atoms with Gasteiger partial charge in [-0.3, -0.25) is 4.79 Å². The Bertz CT molecular complexity index is 769. The molecule has 2 amide bonds. The summed E-state index contributed by atoms with van der Waals surface area (Å²) in [5.41, 5.74) is 7.36. The van der Waals surface area contributed by atoms with Crippen LogP contribution in [-0.4, -0.2) is 51.7 Å². The van der Waals surface area contributed by atoms with Gasteiger partial charge in [-0.05, 0) is 36.5 Å². The quantitative estimate of drug-likeness (QED) is 0.846. The second-order valence-electron chi connectivity index (χ2n) is 6.22. The fraction of sp³-hybridized carbons (Fsp3) is 0.333. The molecule has 3 rings (SSSR count). The van der Waals surface area contributed by atoms with Crippen LogP contribution in [0.1, 0.15) is 23.2 Å². The predicted molar refractivity (Wildman–Crippen MR) is 93.8 cm³/mol. The fourth-order valence-electron chi connectivity index (χ4n) is 2.85. The van der Waals surface area contributed by atoms with Crippen molar-refractivity contribution in [1.82, 2.24) is 14.9 Å². The molecule has 1 aromatic carbocycles.